The van der Waals surface area contributed by atoms with Crippen LogP contribution in [0.5, 0.6) is 5.88 Å². The van der Waals surface area contributed by atoms with E-state index < -0.39 is 9.84 Å². The number of piperidine rings is 1. The summed E-state index contributed by atoms with van der Waals surface area (Å²) in [5.74, 6) is 0.291. The largest absolute Gasteiger partial charge is 0.481 e. The third kappa shape index (κ3) is 3.82. The van der Waals surface area contributed by atoms with Gasteiger partial charge in [-0.3, -0.25) is 4.79 Å². The van der Waals surface area contributed by atoms with Crippen molar-refractivity contribution in [1.82, 2.24) is 19.5 Å². The topological polar surface area (TPSA) is 102 Å². The SMILES string of the molecule is COc1cc(C(=O)N2CCC(c3nnsc3S(C)(=O)=O)CC2)c2ccccc2n1. The number of para-hydroxylation sites is 1. The minimum Gasteiger partial charge on any atom is -0.481 e. The Hall–Kier alpha value is -2.59. The average molecular weight is 433 g/mol. The first-order valence-electron chi connectivity index (χ1n) is 9.14. The molecule has 4 rings (SSSR count). The molecule has 0 radical (unpaired) electrons. The summed E-state index contributed by atoms with van der Waals surface area (Å²) < 4.78 is 33.2. The molecule has 0 atom stereocenters. The van der Waals surface area contributed by atoms with Crippen LogP contribution < -0.4 is 4.74 Å². The van der Waals surface area contributed by atoms with Gasteiger partial charge in [0.1, 0.15) is 0 Å². The maximum absolute atomic E-state index is 13.2. The second-order valence-corrected chi connectivity index (χ2v) is 9.98. The van der Waals surface area contributed by atoms with Crippen molar-refractivity contribution in [3.8, 4) is 5.88 Å². The summed E-state index contributed by atoms with van der Waals surface area (Å²) in [5, 5.41) is 4.84. The highest BCUT2D eigenvalue weighted by molar-refractivity contribution is 7.92. The monoisotopic (exact) mass is 432 g/mol. The van der Waals surface area contributed by atoms with E-state index in [4.69, 9.17) is 4.74 Å². The van der Waals surface area contributed by atoms with Gasteiger partial charge in [0, 0.05) is 48.2 Å². The number of rotatable bonds is 4. The van der Waals surface area contributed by atoms with Gasteiger partial charge in [-0.05, 0) is 18.9 Å². The molecule has 0 saturated carbocycles. The smallest absolute Gasteiger partial charge is 0.254 e. The molecular formula is C19H20N4O4S2. The van der Waals surface area contributed by atoms with Crippen LogP contribution in [0.2, 0.25) is 0 Å². The van der Waals surface area contributed by atoms with Gasteiger partial charge in [-0.15, -0.1) is 5.10 Å². The predicted molar refractivity (Wildman–Crippen MR) is 109 cm³/mol. The van der Waals surface area contributed by atoms with E-state index in [-0.39, 0.29) is 16.0 Å². The number of benzene rings is 1. The second kappa shape index (κ2) is 7.68. The lowest BCUT2D eigenvalue weighted by Crippen LogP contribution is -2.38. The molecule has 10 heteroatoms. The van der Waals surface area contributed by atoms with Crippen LogP contribution in [-0.2, 0) is 9.84 Å². The standard InChI is InChI=1S/C19H20N4O4S2/c1-27-16-11-14(13-5-3-4-6-15(13)20-16)18(24)23-9-7-12(8-10-23)17-19(28-22-21-17)29(2,25)26/h3-6,11-12H,7-10H2,1-2H3. The minimum absolute atomic E-state index is 0.0220. The number of carbonyl (C=O) groups excluding carboxylic acids is 1. The zero-order valence-electron chi connectivity index (χ0n) is 16.0. The molecule has 0 N–H and O–H groups in total. The fraction of sp³-hybridized carbons (Fsp3) is 0.368. The fourth-order valence-electron chi connectivity index (χ4n) is 3.65. The van der Waals surface area contributed by atoms with Crippen LogP contribution in [0, 0.1) is 0 Å². The van der Waals surface area contributed by atoms with Crippen molar-refractivity contribution in [1.29, 1.82) is 0 Å². The maximum Gasteiger partial charge on any atom is 0.254 e. The number of nitrogens with zero attached hydrogens (tertiary/aromatic N) is 4. The molecule has 0 spiro atoms. The molecule has 3 heterocycles. The van der Waals surface area contributed by atoms with Gasteiger partial charge < -0.3 is 9.64 Å². The average Bonchev–Trinajstić information content (AvgIpc) is 3.23. The van der Waals surface area contributed by atoms with Crippen LogP contribution in [0.15, 0.2) is 34.5 Å². The molecule has 1 aliphatic rings. The maximum atomic E-state index is 13.2. The number of likely N-dealkylation sites (tertiary alicyclic amines) is 1. The van der Waals surface area contributed by atoms with Gasteiger partial charge in [0.15, 0.2) is 14.0 Å². The molecule has 1 amide bonds. The van der Waals surface area contributed by atoms with Crippen LogP contribution in [0.25, 0.3) is 10.9 Å². The lowest BCUT2D eigenvalue weighted by molar-refractivity contribution is 0.0713. The summed E-state index contributed by atoms with van der Waals surface area (Å²) in [4.78, 5) is 19.4. The van der Waals surface area contributed by atoms with Gasteiger partial charge in [0.05, 0.1) is 23.9 Å². The summed E-state index contributed by atoms with van der Waals surface area (Å²) in [6, 6.07) is 9.14. The van der Waals surface area contributed by atoms with Gasteiger partial charge >= 0.3 is 0 Å². The van der Waals surface area contributed by atoms with E-state index in [0.717, 1.165) is 16.9 Å². The van der Waals surface area contributed by atoms with Gasteiger partial charge in [0.2, 0.25) is 5.88 Å². The van der Waals surface area contributed by atoms with Crippen LogP contribution in [-0.4, -0.2) is 60.3 Å². The summed E-state index contributed by atoms with van der Waals surface area (Å²) in [6.07, 6.45) is 2.45. The number of sulfone groups is 1. The molecule has 3 aromatic rings. The second-order valence-electron chi connectivity index (χ2n) is 7.01. The Morgan fingerprint density at radius 1 is 1.24 bits per heavy atom. The number of aromatic nitrogens is 3. The third-order valence-corrected chi connectivity index (χ3v) is 7.67. The van der Waals surface area contributed by atoms with Crippen molar-refractivity contribution < 1.29 is 17.9 Å². The van der Waals surface area contributed by atoms with Crippen molar-refractivity contribution in [3.63, 3.8) is 0 Å². The Morgan fingerprint density at radius 3 is 2.66 bits per heavy atom. The van der Waals surface area contributed by atoms with Crippen molar-refractivity contribution in [2.24, 2.45) is 0 Å². The highest BCUT2D eigenvalue weighted by Gasteiger charge is 2.31. The Bertz CT molecular complexity index is 1170. The first-order valence-corrected chi connectivity index (χ1v) is 11.8. The number of amides is 1. The third-order valence-electron chi connectivity index (χ3n) is 5.12. The Kier molecular flexibility index (Phi) is 5.22. The molecule has 0 bridgehead atoms. The van der Waals surface area contributed by atoms with Crippen molar-refractivity contribution in [2.75, 3.05) is 26.5 Å². The predicted octanol–water partition coefficient (Wildman–Crippen LogP) is 2.52. The lowest BCUT2D eigenvalue weighted by atomic mass is 9.93. The molecule has 0 aliphatic carbocycles. The zero-order chi connectivity index (χ0) is 20.6. The molecule has 1 aromatic carbocycles. The molecule has 0 unspecified atom stereocenters. The lowest BCUT2D eigenvalue weighted by Gasteiger charge is -2.31. The van der Waals surface area contributed by atoms with E-state index in [0.29, 0.717) is 48.6 Å². The molecular weight excluding hydrogens is 412 g/mol. The first-order chi connectivity index (χ1) is 13.9. The van der Waals surface area contributed by atoms with Gasteiger partial charge in [-0.1, -0.05) is 22.7 Å². The molecule has 2 aromatic heterocycles. The van der Waals surface area contributed by atoms with E-state index in [2.05, 4.69) is 14.6 Å². The van der Waals surface area contributed by atoms with E-state index in [1.54, 1.807) is 11.0 Å². The first kappa shape index (κ1) is 19.7. The van der Waals surface area contributed by atoms with E-state index in [1.165, 1.54) is 13.4 Å². The number of carbonyl (C=O) groups is 1. The Morgan fingerprint density at radius 2 is 1.97 bits per heavy atom. The van der Waals surface area contributed by atoms with Crippen LogP contribution in [0.1, 0.15) is 34.8 Å². The van der Waals surface area contributed by atoms with Crippen LogP contribution in [0.4, 0.5) is 0 Å². The normalized spacial score (nSPS) is 15.6. The fourth-order valence-corrected chi connectivity index (χ4v) is 5.39. The summed E-state index contributed by atoms with van der Waals surface area (Å²) in [7, 11) is -1.83. The highest BCUT2D eigenvalue weighted by atomic mass is 32.2. The quantitative estimate of drug-likeness (QED) is 0.624. The van der Waals surface area contributed by atoms with Crippen LogP contribution in [0.3, 0.4) is 0 Å². The highest BCUT2D eigenvalue weighted by Crippen LogP contribution is 2.33. The van der Waals surface area contributed by atoms with E-state index in [9.17, 15) is 13.2 Å². The molecule has 1 saturated heterocycles. The molecule has 1 aliphatic heterocycles. The minimum atomic E-state index is -3.35. The van der Waals surface area contributed by atoms with Gasteiger partial charge in [0.25, 0.3) is 5.91 Å². The molecule has 8 nitrogen and oxygen atoms in total. The Balaban J connectivity index is 1.56. The van der Waals surface area contributed by atoms with Crippen molar-refractivity contribution in [3.05, 3.63) is 41.6 Å². The number of ether oxygens (including phenoxy) is 1. The van der Waals surface area contributed by atoms with E-state index >= 15 is 0 Å². The number of hydrogen-bond donors (Lipinski definition) is 0. The summed E-state index contributed by atoms with van der Waals surface area (Å²) in [5.41, 5.74) is 1.79. The zero-order valence-corrected chi connectivity index (χ0v) is 17.7. The number of hydrogen-bond acceptors (Lipinski definition) is 8. The van der Waals surface area contributed by atoms with Crippen LogP contribution >= 0.6 is 11.5 Å². The van der Waals surface area contributed by atoms with E-state index in [1.807, 2.05) is 24.3 Å². The number of pyridine rings is 1. The molecule has 152 valence electrons. The van der Waals surface area contributed by atoms with Gasteiger partial charge in [-0.2, -0.15) is 0 Å². The van der Waals surface area contributed by atoms with Crippen molar-refractivity contribution >= 4 is 38.2 Å². The van der Waals surface area contributed by atoms with Gasteiger partial charge in [-0.25, -0.2) is 13.4 Å². The number of methoxy groups -OCH3 is 1. The summed E-state index contributed by atoms with van der Waals surface area (Å²) in [6.45, 7) is 1.03. The summed E-state index contributed by atoms with van der Waals surface area (Å²) >= 11 is 0.909. The molecule has 1 fully saturated rings. The van der Waals surface area contributed by atoms with Crippen molar-refractivity contribution in [2.45, 2.75) is 23.0 Å². The molecule has 29 heavy (non-hydrogen) atoms. The number of fused-ring (bicyclic) bond motifs is 1. The Labute approximate surface area is 172 Å².